The molecule has 0 aliphatic carbocycles. The van der Waals surface area contributed by atoms with Gasteiger partial charge in [0, 0.05) is 37.9 Å². The Morgan fingerprint density at radius 2 is 1.76 bits per heavy atom. The standard InChI is InChI=1S/C23H23F3N4O3/c1-15-20(16(2)33-28-15)14-32-19-6-3-17(4-7-19)22(31)30-11-9-29(10-12-30)21-8-5-18(13-27-21)23(24,25)26/h3-8,13H,9-12,14H2,1-2H3. The summed E-state index contributed by atoms with van der Waals surface area (Å²) in [6.45, 7) is 5.88. The number of rotatable bonds is 5. The lowest BCUT2D eigenvalue weighted by Gasteiger charge is -2.35. The number of hydrogen-bond donors (Lipinski definition) is 0. The van der Waals surface area contributed by atoms with E-state index in [0.29, 0.717) is 55.7 Å². The third-order valence-corrected chi connectivity index (χ3v) is 5.63. The molecule has 0 bridgehead atoms. The Kier molecular flexibility index (Phi) is 6.26. The largest absolute Gasteiger partial charge is 0.489 e. The molecule has 1 saturated heterocycles. The number of halogens is 3. The van der Waals surface area contributed by atoms with Crippen molar-refractivity contribution >= 4 is 11.7 Å². The highest BCUT2D eigenvalue weighted by Gasteiger charge is 2.31. The molecule has 10 heteroatoms. The maximum absolute atomic E-state index is 12.8. The van der Waals surface area contributed by atoms with E-state index in [0.717, 1.165) is 23.5 Å². The average molecular weight is 460 g/mol. The summed E-state index contributed by atoms with van der Waals surface area (Å²) in [4.78, 5) is 20.4. The Hall–Kier alpha value is -3.56. The van der Waals surface area contributed by atoms with Gasteiger partial charge >= 0.3 is 6.18 Å². The summed E-state index contributed by atoms with van der Waals surface area (Å²) in [7, 11) is 0. The first-order valence-electron chi connectivity index (χ1n) is 10.4. The maximum Gasteiger partial charge on any atom is 0.417 e. The summed E-state index contributed by atoms with van der Waals surface area (Å²) in [5.74, 6) is 1.71. The first-order valence-corrected chi connectivity index (χ1v) is 10.4. The second-order valence-corrected chi connectivity index (χ2v) is 7.80. The van der Waals surface area contributed by atoms with E-state index in [-0.39, 0.29) is 5.91 Å². The molecular weight excluding hydrogens is 437 g/mol. The minimum absolute atomic E-state index is 0.104. The fourth-order valence-corrected chi connectivity index (χ4v) is 3.62. The molecule has 4 rings (SSSR count). The monoisotopic (exact) mass is 460 g/mol. The molecule has 1 amide bonds. The normalized spacial score (nSPS) is 14.5. The van der Waals surface area contributed by atoms with Gasteiger partial charge in [0.25, 0.3) is 5.91 Å². The molecule has 0 N–H and O–H groups in total. The van der Waals surface area contributed by atoms with Crippen molar-refractivity contribution < 1.29 is 27.2 Å². The molecule has 33 heavy (non-hydrogen) atoms. The first-order chi connectivity index (χ1) is 15.7. The van der Waals surface area contributed by atoms with Crippen LogP contribution in [0.1, 0.15) is 32.9 Å². The number of carbonyl (C=O) groups is 1. The van der Waals surface area contributed by atoms with Crippen molar-refractivity contribution in [2.45, 2.75) is 26.6 Å². The number of hydrogen-bond acceptors (Lipinski definition) is 6. The van der Waals surface area contributed by atoms with Crippen LogP contribution < -0.4 is 9.64 Å². The van der Waals surface area contributed by atoms with E-state index in [2.05, 4.69) is 10.1 Å². The first kappa shape index (κ1) is 22.6. The lowest BCUT2D eigenvalue weighted by Crippen LogP contribution is -2.49. The average Bonchev–Trinajstić information content (AvgIpc) is 3.14. The zero-order chi connectivity index (χ0) is 23.6. The molecule has 1 aliphatic rings. The van der Waals surface area contributed by atoms with E-state index in [1.165, 1.54) is 6.07 Å². The molecule has 3 aromatic rings. The molecule has 1 fully saturated rings. The number of amides is 1. The van der Waals surface area contributed by atoms with Crippen molar-refractivity contribution in [1.82, 2.24) is 15.0 Å². The second kappa shape index (κ2) is 9.13. The zero-order valence-electron chi connectivity index (χ0n) is 18.2. The molecule has 1 aliphatic heterocycles. The van der Waals surface area contributed by atoms with Gasteiger partial charge < -0.3 is 19.1 Å². The van der Waals surface area contributed by atoms with Gasteiger partial charge in [-0.1, -0.05) is 5.16 Å². The summed E-state index contributed by atoms with van der Waals surface area (Å²) >= 11 is 0. The molecule has 0 atom stereocenters. The summed E-state index contributed by atoms with van der Waals surface area (Å²) < 4.78 is 49.0. The smallest absolute Gasteiger partial charge is 0.417 e. The number of benzene rings is 1. The highest BCUT2D eigenvalue weighted by molar-refractivity contribution is 5.94. The zero-order valence-corrected chi connectivity index (χ0v) is 18.2. The van der Waals surface area contributed by atoms with E-state index >= 15 is 0 Å². The number of carbonyl (C=O) groups excluding carboxylic acids is 1. The Morgan fingerprint density at radius 1 is 1.06 bits per heavy atom. The minimum Gasteiger partial charge on any atom is -0.489 e. The molecule has 0 spiro atoms. The van der Waals surface area contributed by atoms with Gasteiger partial charge in [0.15, 0.2) is 0 Å². The quantitative estimate of drug-likeness (QED) is 0.567. The van der Waals surface area contributed by atoms with Crippen molar-refractivity contribution in [2.24, 2.45) is 0 Å². The third kappa shape index (κ3) is 5.10. The van der Waals surface area contributed by atoms with Crippen LogP contribution in [0.4, 0.5) is 19.0 Å². The molecule has 0 saturated carbocycles. The molecular formula is C23H23F3N4O3. The molecule has 3 heterocycles. The predicted octanol–water partition coefficient (Wildman–Crippen LogP) is 4.25. The SMILES string of the molecule is Cc1noc(C)c1COc1ccc(C(=O)N2CCN(c3ccc(C(F)(F)F)cn3)CC2)cc1. The minimum atomic E-state index is -4.41. The number of alkyl halides is 3. The van der Waals surface area contributed by atoms with Crippen LogP contribution in [0.2, 0.25) is 0 Å². The lowest BCUT2D eigenvalue weighted by atomic mass is 10.1. The Morgan fingerprint density at radius 3 is 2.30 bits per heavy atom. The number of aryl methyl sites for hydroxylation is 2. The highest BCUT2D eigenvalue weighted by Crippen LogP contribution is 2.29. The molecule has 174 valence electrons. The van der Waals surface area contributed by atoms with Crippen molar-refractivity contribution in [2.75, 3.05) is 31.1 Å². The topological polar surface area (TPSA) is 71.7 Å². The lowest BCUT2D eigenvalue weighted by molar-refractivity contribution is -0.137. The van der Waals surface area contributed by atoms with Gasteiger partial charge in [-0.05, 0) is 50.2 Å². The van der Waals surface area contributed by atoms with Crippen molar-refractivity contribution in [3.63, 3.8) is 0 Å². The van der Waals surface area contributed by atoms with Crippen molar-refractivity contribution in [3.05, 3.63) is 70.7 Å². The number of pyridine rings is 1. The van der Waals surface area contributed by atoms with Crippen molar-refractivity contribution in [3.8, 4) is 5.75 Å². The summed E-state index contributed by atoms with van der Waals surface area (Å²) in [5.41, 5.74) is 1.44. The van der Waals surface area contributed by atoms with Gasteiger partial charge in [0.2, 0.25) is 0 Å². The third-order valence-electron chi connectivity index (χ3n) is 5.63. The van der Waals surface area contributed by atoms with Gasteiger partial charge in [0.05, 0.1) is 16.8 Å². The van der Waals surface area contributed by atoms with Crippen LogP contribution >= 0.6 is 0 Å². The molecule has 0 radical (unpaired) electrons. The molecule has 0 unspecified atom stereocenters. The van der Waals surface area contributed by atoms with Gasteiger partial charge in [-0.2, -0.15) is 13.2 Å². The predicted molar refractivity (Wildman–Crippen MR) is 114 cm³/mol. The van der Waals surface area contributed by atoms with E-state index in [1.54, 1.807) is 29.2 Å². The van der Waals surface area contributed by atoms with Crippen LogP contribution in [0.5, 0.6) is 5.75 Å². The second-order valence-electron chi connectivity index (χ2n) is 7.80. The van der Waals surface area contributed by atoms with Crippen LogP contribution in [-0.2, 0) is 12.8 Å². The van der Waals surface area contributed by atoms with E-state index in [1.807, 2.05) is 18.7 Å². The molecule has 2 aromatic heterocycles. The van der Waals surface area contributed by atoms with Crippen LogP contribution in [0, 0.1) is 13.8 Å². The number of ether oxygens (including phenoxy) is 1. The Balaban J connectivity index is 1.31. The van der Waals surface area contributed by atoms with Crippen LogP contribution in [-0.4, -0.2) is 47.1 Å². The van der Waals surface area contributed by atoms with Gasteiger partial charge in [-0.15, -0.1) is 0 Å². The number of piperazine rings is 1. The fraction of sp³-hybridized carbons (Fsp3) is 0.348. The van der Waals surface area contributed by atoms with Gasteiger partial charge in [-0.25, -0.2) is 4.98 Å². The summed E-state index contributed by atoms with van der Waals surface area (Å²) in [6.07, 6.45) is -3.58. The number of nitrogens with zero attached hydrogens (tertiary/aromatic N) is 4. The van der Waals surface area contributed by atoms with E-state index < -0.39 is 11.7 Å². The summed E-state index contributed by atoms with van der Waals surface area (Å²) in [6, 6.07) is 9.31. The van der Waals surface area contributed by atoms with Crippen LogP contribution in [0.25, 0.3) is 0 Å². The van der Waals surface area contributed by atoms with Gasteiger partial charge in [0.1, 0.15) is 23.9 Å². The van der Waals surface area contributed by atoms with E-state index in [9.17, 15) is 18.0 Å². The number of anilines is 1. The molecule has 1 aromatic carbocycles. The van der Waals surface area contributed by atoms with E-state index in [4.69, 9.17) is 9.26 Å². The molecule has 7 nitrogen and oxygen atoms in total. The van der Waals surface area contributed by atoms with Crippen molar-refractivity contribution in [1.29, 1.82) is 0 Å². The number of aromatic nitrogens is 2. The van der Waals surface area contributed by atoms with Crippen LogP contribution in [0.3, 0.4) is 0 Å². The van der Waals surface area contributed by atoms with Gasteiger partial charge in [-0.3, -0.25) is 4.79 Å². The maximum atomic E-state index is 12.8. The Labute approximate surface area is 188 Å². The highest BCUT2D eigenvalue weighted by atomic mass is 19.4. The van der Waals surface area contributed by atoms with Crippen LogP contribution in [0.15, 0.2) is 47.1 Å². The Bertz CT molecular complexity index is 1080. The summed E-state index contributed by atoms with van der Waals surface area (Å²) in [5, 5.41) is 3.90. The fourth-order valence-electron chi connectivity index (χ4n) is 3.62.